The lowest BCUT2D eigenvalue weighted by atomic mass is 9.96. The number of halogens is 1. The molecular weight excluding hydrogens is 423 g/mol. The third-order valence-electron chi connectivity index (χ3n) is 5.94. The van der Waals surface area contributed by atoms with Gasteiger partial charge in [0.05, 0.1) is 30.3 Å². The summed E-state index contributed by atoms with van der Waals surface area (Å²) in [5.41, 5.74) is 1.79. The fourth-order valence-electron chi connectivity index (χ4n) is 4.39. The minimum Gasteiger partial charge on any atom is -0.496 e. The molecule has 1 aliphatic heterocycles. The monoisotopic (exact) mass is 444 g/mol. The van der Waals surface area contributed by atoms with Crippen LogP contribution < -0.4 is 4.74 Å². The number of carboxylic acids is 1. The zero-order valence-electron chi connectivity index (χ0n) is 17.9. The van der Waals surface area contributed by atoms with Crippen LogP contribution in [0.5, 0.6) is 5.75 Å². The second kappa shape index (κ2) is 9.13. The summed E-state index contributed by atoms with van der Waals surface area (Å²) < 4.78 is 20.1. The number of benzene rings is 3. The average Bonchev–Trinajstić information content (AvgIpc) is 3.29. The van der Waals surface area contributed by atoms with E-state index in [1.165, 1.54) is 30.2 Å². The van der Waals surface area contributed by atoms with E-state index in [0.717, 1.165) is 5.56 Å². The van der Waals surface area contributed by atoms with E-state index in [-0.39, 0.29) is 23.1 Å². The maximum Gasteiger partial charge on any atom is 0.326 e. The molecular formula is C26H21FN2O4. The smallest absolute Gasteiger partial charge is 0.326 e. The number of nitrogens with zero attached hydrogens (tertiary/aromatic N) is 2. The van der Waals surface area contributed by atoms with Crippen LogP contribution in [0.2, 0.25) is 0 Å². The first-order valence-electron chi connectivity index (χ1n) is 10.4. The van der Waals surface area contributed by atoms with E-state index < -0.39 is 29.8 Å². The third-order valence-corrected chi connectivity index (χ3v) is 5.94. The molecule has 166 valence electrons. The summed E-state index contributed by atoms with van der Waals surface area (Å²) in [5, 5.41) is 19.6. The lowest BCUT2D eigenvalue weighted by molar-refractivity contribution is -0.141. The van der Waals surface area contributed by atoms with E-state index in [1.807, 2.05) is 36.4 Å². The van der Waals surface area contributed by atoms with Crippen LogP contribution in [0.25, 0.3) is 11.1 Å². The molecule has 0 saturated carbocycles. The normalized spacial score (nSPS) is 17.4. The molecule has 0 spiro atoms. The summed E-state index contributed by atoms with van der Waals surface area (Å²) in [5.74, 6) is -1.96. The molecule has 0 radical (unpaired) electrons. The Morgan fingerprint density at radius 2 is 1.79 bits per heavy atom. The van der Waals surface area contributed by atoms with Crippen LogP contribution in [0, 0.1) is 17.1 Å². The molecule has 7 heteroatoms. The molecule has 3 aromatic rings. The zero-order chi connectivity index (χ0) is 23.5. The van der Waals surface area contributed by atoms with E-state index in [9.17, 15) is 24.3 Å². The van der Waals surface area contributed by atoms with Crippen LogP contribution in [-0.4, -0.2) is 35.0 Å². The standard InChI is InChI=1S/C26H21FN2O4/c1-33-24-14-20(17(15-28)13-19(24)16-7-3-2-4-8-16)25(30)29-22(11-12-23(29)26(31)32)18-9-5-6-10-21(18)27/h2-10,13-14,22-23H,11-12H2,1H3,(H,31,32)/t22-,23+/m1/s1. The van der Waals surface area contributed by atoms with Gasteiger partial charge in [-0.1, -0.05) is 48.5 Å². The second-order valence-corrected chi connectivity index (χ2v) is 7.76. The summed E-state index contributed by atoms with van der Waals surface area (Å²) >= 11 is 0. The largest absolute Gasteiger partial charge is 0.496 e. The van der Waals surface area contributed by atoms with Gasteiger partial charge in [-0.2, -0.15) is 5.26 Å². The predicted molar refractivity (Wildman–Crippen MR) is 119 cm³/mol. The average molecular weight is 444 g/mol. The number of carbonyl (C=O) groups is 2. The molecule has 2 atom stereocenters. The lowest BCUT2D eigenvalue weighted by Gasteiger charge is -2.29. The molecule has 1 saturated heterocycles. The summed E-state index contributed by atoms with van der Waals surface area (Å²) in [4.78, 5) is 26.8. The number of aliphatic carboxylic acids is 1. The van der Waals surface area contributed by atoms with Crippen LogP contribution in [-0.2, 0) is 4.79 Å². The Morgan fingerprint density at radius 3 is 2.42 bits per heavy atom. The number of nitriles is 1. The first-order chi connectivity index (χ1) is 16.0. The Hall–Kier alpha value is -4.18. The van der Waals surface area contributed by atoms with Gasteiger partial charge in [-0.15, -0.1) is 0 Å². The van der Waals surface area contributed by atoms with Gasteiger partial charge < -0.3 is 14.7 Å². The lowest BCUT2D eigenvalue weighted by Crippen LogP contribution is -2.42. The van der Waals surface area contributed by atoms with E-state index in [4.69, 9.17) is 4.74 Å². The maximum atomic E-state index is 14.6. The number of amides is 1. The van der Waals surface area contributed by atoms with Gasteiger partial charge in [-0.05, 0) is 36.6 Å². The Labute approximate surface area is 190 Å². The molecule has 1 aliphatic rings. The molecule has 3 aromatic carbocycles. The van der Waals surface area contributed by atoms with Gasteiger partial charge in [0.2, 0.25) is 0 Å². The molecule has 1 amide bonds. The molecule has 1 N–H and O–H groups in total. The summed E-state index contributed by atoms with van der Waals surface area (Å²) in [6, 6.07) is 18.5. The number of likely N-dealkylation sites (tertiary alicyclic amines) is 1. The molecule has 0 aliphatic carbocycles. The van der Waals surface area contributed by atoms with Crippen molar-refractivity contribution >= 4 is 11.9 Å². The van der Waals surface area contributed by atoms with Crippen molar-refractivity contribution in [1.82, 2.24) is 4.90 Å². The molecule has 4 rings (SSSR count). The minimum absolute atomic E-state index is 0.0171. The van der Waals surface area contributed by atoms with E-state index >= 15 is 0 Å². The molecule has 1 heterocycles. The molecule has 1 fully saturated rings. The van der Waals surface area contributed by atoms with Crippen molar-refractivity contribution in [3.63, 3.8) is 0 Å². The van der Waals surface area contributed by atoms with Gasteiger partial charge in [0.15, 0.2) is 0 Å². The van der Waals surface area contributed by atoms with Crippen molar-refractivity contribution in [2.75, 3.05) is 7.11 Å². The highest BCUT2D eigenvalue weighted by Gasteiger charge is 2.43. The maximum absolute atomic E-state index is 14.6. The SMILES string of the molecule is COc1cc(C(=O)N2[C@@H](c3ccccc3F)CC[C@H]2C(=O)O)c(C#N)cc1-c1ccccc1. The Morgan fingerprint density at radius 1 is 1.09 bits per heavy atom. The Bertz CT molecular complexity index is 1250. The van der Waals surface area contributed by atoms with Crippen molar-refractivity contribution < 1.29 is 23.8 Å². The fourth-order valence-corrected chi connectivity index (χ4v) is 4.39. The number of methoxy groups -OCH3 is 1. The van der Waals surface area contributed by atoms with Crippen molar-refractivity contribution in [3.8, 4) is 22.9 Å². The third kappa shape index (κ3) is 4.03. The summed E-state index contributed by atoms with van der Waals surface area (Å²) in [6.07, 6.45) is 0.478. The van der Waals surface area contributed by atoms with Gasteiger partial charge >= 0.3 is 5.97 Å². The van der Waals surface area contributed by atoms with Crippen molar-refractivity contribution in [3.05, 3.63) is 89.2 Å². The van der Waals surface area contributed by atoms with Crippen LogP contribution in [0.3, 0.4) is 0 Å². The highest BCUT2D eigenvalue weighted by molar-refractivity contribution is 6.00. The topological polar surface area (TPSA) is 90.6 Å². The number of hydrogen-bond acceptors (Lipinski definition) is 4. The number of carbonyl (C=O) groups excluding carboxylic acids is 1. The highest BCUT2D eigenvalue weighted by atomic mass is 19.1. The van der Waals surface area contributed by atoms with Crippen LogP contribution in [0.1, 0.15) is 40.4 Å². The second-order valence-electron chi connectivity index (χ2n) is 7.76. The van der Waals surface area contributed by atoms with E-state index in [1.54, 1.807) is 18.2 Å². The van der Waals surface area contributed by atoms with E-state index in [0.29, 0.717) is 17.7 Å². The van der Waals surface area contributed by atoms with Gasteiger partial charge in [0, 0.05) is 11.1 Å². The molecule has 0 bridgehead atoms. The van der Waals surface area contributed by atoms with Crippen molar-refractivity contribution in [2.24, 2.45) is 0 Å². The summed E-state index contributed by atoms with van der Waals surface area (Å²) in [6.45, 7) is 0. The molecule has 0 unspecified atom stereocenters. The molecule has 0 aromatic heterocycles. The van der Waals surface area contributed by atoms with Gasteiger partial charge in [-0.3, -0.25) is 4.79 Å². The fraction of sp³-hybridized carbons (Fsp3) is 0.192. The summed E-state index contributed by atoms with van der Waals surface area (Å²) in [7, 11) is 1.46. The van der Waals surface area contributed by atoms with Gasteiger partial charge in [-0.25, -0.2) is 9.18 Å². The Balaban J connectivity index is 1.83. The van der Waals surface area contributed by atoms with Crippen LogP contribution in [0.15, 0.2) is 66.7 Å². The van der Waals surface area contributed by atoms with E-state index in [2.05, 4.69) is 0 Å². The first kappa shape index (κ1) is 22.0. The van der Waals surface area contributed by atoms with Gasteiger partial charge in [0.1, 0.15) is 17.6 Å². The minimum atomic E-state index is -1.17. The van der Waals surface area contributed by atoms with Crippen molar-refractivity contribution in [1.29, 1.82) is 5.26 Å². The van der Waals surface area contributed by atoms with Crippen LogP contribution >= 0.6 is 0 Å². The first-order valence-corrected chi connectivity index (χ1v) is 10.4. The van der Waals surface area contributed by atoms with Gasteiger partial charge in [0.25, 0.3) is 5.91 Å². The van der Waals surface area contributed by atoms with Crippen LogP contribution in [0.4, 0.5) is 4.39 Å². The highest BCUT2D eigenvalue weighted by Crippen LogP contribution is 2.40. The number of rotatable bonds is 5. The zero-order valence-corrected chi connectivity index (χ0v) is 17.9. The molecule has 6 nitrogen and oxygen atoms in total. The Kier molecular flexibility index (Phi) is 6.09. The van der Waals surface area contributed by atoms with Crippen molar-refractivity contribution in [2.45, 2.75) is 24.9 Å². The quantitative estimate of drug-likeness (QED) is 0.610. The molecule has 33 heavy (non-hydrogen) atoms. The number of ether oxygens (including phenoxy) is 1. The number of carboxylic acid groups (broad SMARTS) is 1. The predicted octanol–water partition coefficient (Wildman–Crippen LogP) is 4.80. The number of hydrogen-bond donors (Lipinski definition) is 1.